The van der Waals surface area contributed by atoms with Crippen molar-refractivity contribution in [2.24, 2.45) is 4.99 Å². The minimum atomic E-state index is -1.08. The van der Waals surface area contributed by atoms with Gasteiger partial charge in [0.15, 0.2) is 0 Å². The molecule has 0 unspecified atom stereocenters. The smallest absolute Gasteiger partial charge is 0.872 e. The minimum Gasteiger partial charge on any atom is -0.872 e. The summed E-state index contributed by atoms with van der Waals surface area (Å²) in [4.78, 5) is 15.1. The molecule has 0 bridgehead atoms. The van der Waals surface area contributed by atoms with Gasteiger partial charge < -0.3 is 19.9 Å². The zero-order valence-electron chi connectivity index (χ0n) is 11.2. The van der Waals surface area contributed by atoms with E-state index in [1.54, 1.807) is 24.4 Å². The number of carbonyl (C=O) groups excluding carboxylic acids is 1. The van der Waals surface area contributed by atoms with Gasteiger partial charge >= 0.3 is 17.1 Å². The standard InChI is InChI=1S/C11H16N2O.C2H4O2.Cu/c1-13(2)8-7-12-9-10-5-3-4-6-11(10)14;1-2(3)4;/h3-6,9,14H,7-8H2,1-2H3;1H3,(H,3,4);/q;;+2/p-2. The van der Waals surface area contributed by atoms with E-state index in [1.165, 1.54) is 0 Å². The van der Waals surface area contributed by atoms with Crippen molar-refractivity contribution in [2.45, 2.75) is 6.92 Å². The Hall–Kier alpha value is -1.36. The fourth-order valence-corrected chi connectivity index (χ4v) is 1.01. The number of hydrogen-bond acceptors (Lipinski definition) is 5. The molecule has 0 N–H and O–H groups in total. The van der Waals surface area contributed by atoms with Gasteiger partial charge in [0.25, 0.3) is 0 Å². The summed E-state index contributed by atoms with van der Waals surface area (Å²) in [5.41, 5.74) is 0.659. The quantitative estimate of drug-likeness (QED) is 0.554. The van der Waals surface area contributed by atoms with Gasteiger partial charge in [0, 0.05) is 18.7 Å². The average Bonchev–Trinajstić information content (AvgIpc) is 2.25. The van der Waals surface area contributed by atoms with Crippen LogP contribution in [0.25, 0.3) is 0 Å². The summed E-state index contributed by atoms with van der Waals surface area (Å²) in [5.74, 6) is -1.05. The second-order valence-corrected chi connectivity index (χ2v) is 3.87. The molecule has 1 radical (unpaired) electrons. The number of hydrogen-bond donors (Lipinski definition) is 0. The molecule has 5 nitrogen and oxygen atoms in total. The molecule has 0 fully saturated rings. The Labute approximate surface area is 124 Å². The van der Waals surface area contributed by atoms with Crippen molar-refractivity contribution >= 4 is 12.2 Å². The monoisotopic (exact) mass is 313 g/mol. The summed E-state index contributed by atoms with van der Waals surface area (Å²) < 4.78 is 0. The van der Waals surface area contributed by atoms with Crippen LogP contribution in [0.1, 0.15) is 12.5 Å². The molecule has 0 heterocycles. The fourth-order valence-electron chi connectivity index (χ4n) is 1.01. The normalized spacial score (nSPS) is 9.68. The number of carboxylic acids is 1. The van der Waals surface area contributed by atoms with Crippen LogP contribution in [0.4, 0.5) is 0 Å². The summed E-state index contributed by atoms with van der Waals surface area (Å²) in [6, 6.07) is 6.91. The summed E-state index contributed by atoms with van der Waals surface area (Å²) >= 11 is 0. The molecule has 0 aliphatic heterocycles. The summed E-state index contributed by atoms with van der Waals surface area (Å²) in [7, 11) is 3.99. The zero-order valence-corrected chi connectivity index (χ0v) is 12.2. The Morgan fingerprint density at radius 1 is 1.37 bits per heavy atom. The van der Waals surface area contributed by atoms with E-state index in [9.17, 15) is 5.11 Å². The summed E-state index contributed by atoms with van der Waals surface area (Å²) in [6.07, 6.45) is 1.64. The molecule has 1 aromatic rings. The molecule has 1 rings (SSSR count). The molecule has 109 valence electrons. The first-order valence-electron chi connectivity index (χ1n) is 5.51. The summed E-state index contributed by atoms with van der Waals surface area (Å²) in [5, 5.41) is 20.1. The van der Waals surface area contributed by atoms with Crippen LogP contribution in [0, 0.1) is 0 Å². The fraction of sp³-hybridized carbons (Fsp3) is 0.385. The average molecular weight is 314 g/mol. The predicted octanol–water partition coefficient (Wildman–Crippen LogP) is -0.506. The predicted molar refractivity (Wildman–Crippen MR) is 67.6 cm³/mol. The van der Waals surface area contributed by atoms with Crippen LogP contribution in [0.2, 0.25) is 0 Å². The first-order valence-corrected chi connectivity index (χ1v) is 5.51. The molecular formula is C13H18CuN2O3. The first-order chi connectivity index (χ1) is 8.43. The van der Waals surface area contributed by atoms with Gasteiger partial charge in [-0.1, -0.05) is 24.3 Å². The Balaban J connectivity index is 0. The SMILES string of the molecule is CC(=O)[O-].CN(C)CCN=Cc1ccccc1[O-].[Cu+2]. The third-order valence-corrected chi connectivity index (χ3v) is 1.83. The number of aliphatic carboxylic acids is 1. The van der Waals surface area contributed by atoms with Gasteiger partial charge in [-0.2, -0.15) is 0 Å². The number of para-hydroxylation sites is 1. The third-order valence-electron chi connectivity index (χ3n) is 1.83. The molecule has 19 heavy (non-hydrogen) atoms. The first kappa shape index (κ1) is 20.0. The Morgan fingerprint density at radius 3 is 2.37 bits per heavy atom. The molecule has 0 saturated heterocycles. The summed E-state index contributed by atoms with van der Waals surface area (Å²) in [6.45, 7) is 2.60. The van der Waals surface area contributed by atoms with Crippen LogP contribution in [0.3, 0.4) is 0 Å². The van der Waals surface area contributed by atoms with Crippen LogP contribution in [0.5, 0.6) is 5.75 Å². The number of aliphatic imine (C=N–C) groups is 1. The number of likely N-dealkylation sites (N-methyl/N-ethyl adjacent to an activating group) is 1. The van der Waals surface area contributed by atoms with Crippen molar-refractivity contribution in [2.75, 3.05) is 27.2 Å². The maximum atomic E-state index is 11.2. The van der Waals surface area contributed by atoms with E-state index >= 15 is 0 Å². The van der Waals surface area contributed by atoms with E-state index < -0.39 is 5.97 Å². The number of nitrogens with zero attached hydrogens (tertiary/aromatic N) is 2. The Bertz CT molecular complexity index is 391. The van der Waals surface area contributed by atoms with Crippen molar-refractivity contribution in [1.82, 2.24) is 4.90 Å². The van der Waals surface area contributed by atoms with Gasteiger partial charge in [-0.05, 0) is 26.6 Å². The minimum absolute atomic E-state index is 0. The van der Waals surface area contributed by atoms with Crippen molar-refractivity contribution in [1.29, 1.82) is 0 Å². The van der Waals surface area contributed by atoms with Crippen LogP contribution >= 0.6 is 0 Å². The second kappa shape index (κ2) is 11.7. The van der Waals surface area contributed by atoms with Crippen LogP contribution in [0.15, 0.2) is 29.3 Å². The largest absolute Gasteiger partial charge is 2.00 e. The molecule has 0 spiro atoms. The van der Waals surface area contributed by atoms with Crippen LogP contribution in [-0.2, 0) is 21.9 Å². The van der Waals surface area contributed by atoms with Gasteiger partial charge in [0.05, 0.1) is 6.54 Å². The number of benzene rings is 1. The Morgan fingerprint density at radius 2 is 1.89 bits per heavy atom. The maximum absolute atomic E-state index is 11.2. The van der Waals surface area contributed by atoms with Crippen molar-refractivity contribution < 1.29 is 32.1 Å². The Kier molecular flexibility index (Phi) is 12.3. The van der Waals surface area contributed by atoms with E-state index in [2.05, 4.69) is 9.89 Å². The van der Waals surface area contributed by atoms with Gasteiger partial charge in [-0.3, -0.25) is 4.99 Å². The second-order valence-electron chi connectivity index (χ2n) is 3.87. The van der Waals surface area contributed by atoms with Gasteiger partial charge in [-0.25, -0.2) is 0 Å². The van der Waals surface area contributed by atoms with Gasteiger partial charge in [0.2, 0.25) is 0 Å². The van der Waals surface area contributed by atoms with Crippen molar-refractivity contribution in [3.63, 3.8) is 0 Å². The van der Waals surface area contributed by atoms with E-state index in [-0.39, 0.29) is 22.8 Å². The molecule has 1 aromatic carbocycles. The zero-order chi connectivity index (χ0) is 14.0. The molecule has 0 aromatic heterocycles. The number of carboxylic acid groups (broad SMARTS) is 1. The molecule has 0 aliphatic rings. The van der Waals surface area contributed by atoms with Gasteiger partial charge in [0.1, 0.15) is 0 Å². The number of carbonyl (C=O) groups is 1. The van der Waals surface area contributed by atoms with Crippen LogP contribution < -0.4 is 10.2 Å². The van der Waals surface area contributed by atoms with Crippen molar-refractivity contribution in [3.05, 3.63) is 29.8 Å². The van der Waals surface area contributed by atoms with Crippen LogP contribution in [-0.4, -0.2) is 44.3 Å². The third kappa shape index (κ3) is 12.9. The molecular weight excluding hydrogens is 296 g/mol. The van der Waals surface area contributed by atoms with E-state index in [0.29, 0.717) is 5.56 Å². The van der Waals surface area contributed by atoms with Crippen molar-refractivity contribution in [3.8, 4) is 5.75 Å². The molecule has 6 heteroatoms. The van der Waals surface area contributed by atoms with E-state index in [1.807, 2.05) is 20.2 Å². The molecule has 0 atom stereocenters. The van der Waals surface area contributed by atoms with E-state index in [0.717, 1.165) is 20.0 Å². The molecule has 0 aliphatic carbocycles. The maximum Gasteiger partial charge on any atom is 2.00 e. The number of rotatable bonds is 4. The van der Waals surface area contributed by atoms with E-state index in [4.69, 9.17) is 9.90 Å². The topological polar surface area (TPSA) is 78.8 Å². The molecule has 0 saturated carbocycles. The molecule has 0 amide bonds. The van der Waals surface area contributed by atoms with Gasteiger partial charge in [-0.15, -0.1) is 5.75 Å².